The van der Waals surface area contributed by atoms with Crippen LogP contribution in [0.3, 0.4) is 0 Å². The van der Waals surface area contributed by atoms with Gasteiger partial charge in [-0.05, 0) is 24.1 Å². The van der Waals surface area contributed by atoms with Gasteiger partial charge >= 0.3 is 0 Å². The summed E-state index contributed by atoms with van der Waals surface area (Å²) in [6.45, 7) is 2.91. The fourth-order valence-corrected chi connectivity index (χ4v) is 3.16. The average molecular weight is 282 g/mol. The third-order valence-electron chi connectivity index (χ3n) is 3.19. The predicted molar refractivity (Wildman–Crippen MR) is 73.4 cm³/mol. The van der Waals surface area contributed by atoms with Crippen LogP contribution in [0.15, 0.2) is 29.2 Å². The van der Waals surface area contributed by atoms with Crippen LogP contribution in [-0.2, 0) is 16.4 Å². The summed E-state index contributed by atoms with van der Waals surface area (Å²) in [6.07, 6.45) is 0.879. The molecule has 0 saturated carbocycles. The number of nitrogens with zero attached hydrogens (tertiary/aromatic N) is 1. The second-order valence-corrected chi connectivity index (χ2v) is 6.32. The number of aryl methyl sites for hydroxylation is 1. The maximum atomic E-state index is 12.1. The highest BCUT2D eigenvalue weighted by Gasteiger charge is 2.31. The van der Waals surface area contributed by atoms with Crippen molar-refractivity contribution in [3.05, 3.63) is 29.8 Å². The highest BCUT2D eigenvalue weighted by Crippen LogP contribution is 2.14. The molecule has 1 aliphatic rings. The topological polar surface area (TPSA) is 99.3 Å². The van der Waals surface area contributed by atoms with Crippen molar-refractivity contribution in [3.8, 4) is 0 Å². The Morgan fingerprint density at radius 3 is 2.47 bits per heavy atom. The van der Waals surface area contributed by atoms with Gasteiger partial charge in [0.15, 0.2) is 5.96 Å². The van der Waals surface area contributed by atoms with Crippen LogP contribution in [0.5, 0.6) is 0 Å². The first-order chi connectivity index (χ1) is 8.92. The lowest BCUT2D eigenvalue weighted by Gasteiger charge is -2.39. The highest BCUT2D eigenvalue weighted by molar-refractivity contribution is 7.89. The van der Waals surface area contributed by atoms with E-state index in [4.69, 9.17) is 11.1 Å². The average Bonchev–Trinajstić information content (AvgIpc) is 2.33. The summed E-state index contributed by atoms with van der Waals surface area (Å²) in [7, 11) is -3.48. The van der Waals surface area contributed by atoms with Crippen LogP contribution in [0.25, 0.3) is 0 Å². The van der Waals surface area contributed by atoms with E-state index in [0.29, 0.717) is 13.1 Å². The molecule has 1 heterocycles. The molecule has 1 aromatic carbocycles. The second kappa shape index (κ2) is 5.18. The molecule has 0 spiro atoms. The van der Waals surface area contributed by atoms with Gasteiger partial charge in [0, 0.05) is 13.1 Å². The van der Waals surface area contributed by atoms with E-state index in [1.54, 1.807) is 17.0 Å². The molecule has 1 saturated heterocycles. The van der Waals surface area contributed by atoms with Crippen LogP contribution >= 0.6 is 0 Å². The fourth-order valence-electron chi connectivity index (χ4n) is 1.94. The summed E-state index contributed by atoms with van der Waals surface area (Å²) in [6, 6.07) is 6.68. The summed E-state index contributed by atoms with van der Waals surface area (Å²) in [4.78, 5) is 1.87. The standard InChI is InChI=1S/C12H18N4O2S/c1-2-9-3-5-11(6-4-9)19(17,18)15-10-7-16(8-10)12(13)14/h3-6,10,15H,2,7-8H2,1H3,(H3,13,14). The summed E-state index contributed by atoms with van der Waals surface area (Å²) < 4.78 is 26.8. The van der Waals surface area contributed by atoms with Crippen LogP contribution in [-0.4, -0.2) is 38.4 Å². The van der Waals surface area contributed by atoms with Gasteiger partial charge in [0.25, 0.3) is 0 Å². The molecule has 0 amide bonds. The molecule has 104 valence electrons. The SMILES string of the molecule is CCc1ccc(S(=O)(=O)NC2CN(C(=N)N)C2)cc1. The Hall–Kier alpha value is -1.60. The second-order valence-electron chi connectivity index (χ2n) is 4.61. The molecule has 0 unspecified atom stereocenters. The Balaban J connectivity index is 2.01. The molecule has 1 aliphatic heterocycles. The summed E-state index contributed by atoms with van der Waals surface area (Å²) >= 11 is 0. The van der Waals surface area contributed by atoms with Crippen molar-refractivity contribution in [1.29, 1.82) is 5.41 Å². The number of nitrogens with one attached hydrogen (secondary N) is 2. The molecular formula is C12H18N4O2S. The minimum Gasteiger partial charge on any atom is -0.370 e. The van der Waals surface area contributed by atoms with Gasteiger partial charge in [0.1, 0.15) is 0 Å². The molecule has 0 aromatic heterocycles. The summed E-state index contributed by atoms with van der Waals surface area (Å²) in [5, 5.41) is 7.21. The molecule has 2 rings (SSSR count). The van der Waals surface area contributed by atoms with Gasteiger partial charge in [-0.3, -0.25) is 5.41 Å². The number of nitrogens with two attached hydrogens (primary N) is 1. The molecular weight excluding hydrogens is 264 g/mol. The number of hydrogen-bond acceptors (Lipinski definition) is 3. The first-order valence-electron chi connectivity index (χ1n) is 6.12. The van der Waals surface area contributed by atoms with Crippen molar-refractivity contribution in [3.63, 3.8) is 0 Å². The number of likely N-dealkylation sites (tertiary alicyclic amines) is 1. The zero-order valence-corrected chi connectivity index (χ0v) is 11.6. The van der Waals surface area contributed by atoms with Crippen molar-refractivity contribution in [1.82, 2.24) is 9.62 Å². The van der Waals surface area contributed by atoms with E-state index in [0.717, 1.165) is 12.0 Å². The monoisotopic (exact) mass is 282 g/mol. The summed E-state index contributed by atoms with van der Waals surface area (Å²) in [5.74, 6) is -0.0252. The van der Waals surface area contributed by atoms with Crippen molar-refractivity contribution in [2.45, 2.75) is 24.3 Å². The largest absolute Gasteiger partial charge is 0.370 e. The van der Waals surface area contributed by atoms with Gasteiger partial charge in [-0.2, -0.15) is 0 Å². The Labute approximate surface area is 113 Å². The predicted octanol–water partition coefficient (Wildman–Crippen LogP) is 0.105. The van der Waals surface area contributed by atoms with E-state index in [9.17, 15) is 8.42 Å². The van der Waals surface area contributed by atoms with Crippen LogP contribution in [0.4, 0.5) is 0 Å². The van der Waals surface area contributed by atoms with Gasteiger partial charge < -0.3 is 10.6 Å². The van der Waals surface area contributed by atoms with Crippen LogP contribution in [0.1, 0.15) is 12.5 Å². The number of rotatable bonds is 4. The zero-order valence-electron chi connectivity index (χ0n) is 10.8. The van der Waals surface area contributed by atoms with E-state index >= 15 is 0 Å². The smallest absolute Gasteiger partial charge is 0.240 e. The number of guanidine groups is 1. The third kappa shape index (κ3) is 3.05. The number of hydrogen-bond donors (Lipinski definition) is 3. The van der Waals surface area contributed by atoms with E-state index < -0.39 is 10.0 Å². The van der Waals surface area contributed by atoms with Crippen LogP contribution < -0.4 is 10.5 Å². The molecule has 1 fully saturated rings. The van der Waals surface area contributed by atoms with Crippen molar-refractivity contribution < 1.29 is 8.42 Å². The van der Waals surface area contributed by atoms with Gasteiger partial charge in [0.05, 0.1) is 10.9 Å². The molecule has 0 radical (unpaired) electrons. The third-order valence-corrected chi connectivity index (χ3v) is 4.72. The maximum Gasteiger partial charge on any atom is 0.240 e. The Kier molecular flexibility index (Phi) is 3.77. The van der Waals surface area contributed by atoms with Crippen molar-refractivity contribution in [2.24, 2.45) is 5.73 Å². The first kappa shape index (κ1) is 13.8. The molecule has 0 atom stereocenters. The van der Waals surface area contributed by atoms with Gasteiger partial charge in [-0.1, -0.05) is 19.1 Å². The highest BCUT2D eigenvalue weighted by atomic mass is 32.2. The van der Waals surface area contributed by atoms with E-state index in [-0.39, 0.29) is 16.9 Å². The lowest BCUT2D eigenvalue weighted by atomic mass is 10.1. The Morgan fingerprint density at radius 1 is 1.42 bits per heavy atom. The van der Waals surface area contributed by atoms with Gasteiger partial charge in [-0.15, -0.1) is 0 Å². The van der Waals surface area contributed by atoms with Crippen LogP contribution in [0.2, 0.25) is 0 Å². The van der Waals surface area contributed by atoms with Gasteiger partial charge in [0.2, 0.25) is 10.0 Å². The van der Waals surface area contributed by atoms with Gasteiger partial charge in [-0.25, -0.2) is 13.1 Å². The minimum absolute atomic E-state index is 0.0252. The normalized spacial score (nSPS) is 16.2. The Morgan fingerprint density at radius 2 is 2.00 bits per heavy atom. The van der Waals surface area contributed by atoms with Crippen LogP contribution in [0, 0.1) is 5.41 Å². The summed E-state index contributed by atoms with van der Waals surface area (Å²) in [5.41, 5.74) is 6.40. The van der Waals surface area contributed by atoms with E-state index in [1.165, 1.54) is 0 Å². The number of benzene rings is 1. The van der Waals surface area contributed by atoms with Crippen molar-refractivity contribution >= 4 is 16.0 Å². The quantitative estimate of drug-likeness (QED) is 0.539. The van der Waals surface area contributed by atoms with Crippen molar-refractivity contribution in [2.75, 3.05) is 13.1 Å². The molecule has 19 heavy (non-hydrogen) atoms. The maximum absolute atomic E-state index is 12.1. The van der Waals surface area contributed by atoms with E-state index in [2.05, 4.69) is 4.72 Å². The fraction of sp³-hybridized carbons (Fsp3) is 0.417. The lowest BCUT2D eigenvalue weighted by molar-refractivity contribution is 0.234. The van der Waals surface area contributed by atoms with E-state index in [1.807, 2.05) is 19.1 Å². The minimum atomic E-state index is -3.48. The first-order valence-corrected chi connectivity index (χ1v) is 7.61. The molecule has 4 N–H and O–H groups in total. The Bertz CT molecular complexity index is 562. The molecule has 7 heteroatoms. The molecule has 1 aromatic rings. The molecule has 0 bridgehead atoms. The number of sulfonamides is 1. The lowest BCUT2D eigenvalue weighted by Crippen LogP contribution is -2.62. The zero-order chi connectivity index (χ0) is 14.0. The molecule has 6 nitrogen and oxygen atoms in total. The molecule has 0 aliphatic carbocycles.